The Hall–Kier alpha value is -0.860. The first-order valence-corrected chi connectivity index (χ1v) is 8.87. The van der Waals surface area contributed by atoms with E-state index in [1.165, 1.54) is 5.56 Å². The molecule has 6 heteroatoms. The van der Waals surface area contributed by atoms with Gasteiger partial charge in [0.15, 0.2) is 5.96 Å². The topological polar surface area (TPSA) is 54.9 Å². The highest BCUT2D eigenvalue weighted by atomic mass is 127. The van der Waals surface area contributed by atoms with E-state index in [-0.39, 0.29) is 35.4 Å². The molecule has 0 amide bonds. The molecule has 142 valence electrons. The summed E-state index contributed by atoms with van der Waals surface area (Å²) in [6.07, 6.45) is 2.01. The lowest BCUT2D eigenvalue weighted by Gasteiger charge is -2.36. The van der Waals surface area contributed by atoms with Gasteiger partial charge in [0.2, 0.25) is 0 Å². The molecule has 2 rings (SSSR count). The lowest BCUT2D eigenvalue weighted by Crippen LogP contribution is -2.45. The van der Waals surface area contributed by atoms with Crippen LogP contribution in [0.5, 0.6) is 0 Å². The number of nitrogens with zero attached hydrogens (tertiary/aromatic N) is 1. The molecule has 2 N–H and O–H groups in total. The molecule has 0 aliphatic carbocycles. The number of hydrogen-bond donors (Lipinski definition) is 2. The summed E-state index contributed by atoms with van der Waals surface area (Å²) < 4.78 is 10.8. The third kappa shape index (κ3) is 6.75. The van der Waals surface area contributed by atoms with Crippen LogP contribution in [-0.2, 0) is 14.9 Å². The molecule has 25 heavy (non-hydrogen) atoms. The van der Waals surface area contributed by atoms with Crippen molar-refractivity contribution in [2.24, 2.45) is 4.99 Å². The van der Waals surface area contributed by atoms with Crippen LogP contribution >= 0.6 is 24.0 Å². The maximum absolute atomic E-state index is 5.60. The van der Waals surface area contributed by atoms with E-state index >= 15 is 0 Å². The zero-order valence-electron chi connectivity index (χ0n) is 15.6. The number of halogens is 1. The molecule has 1 aliphatic heterocycles. The fraction of sp³-hybridized carbons (Fsp3) is 0.632. The minimum atomic E-state index is 0. The smallest absolute Gasteiger partial charge is 0.191 e. The second kappa shape index (κ2) is 11.7. The molecule has 1 unspecified atom stereocenters. The molecule has 1 fully saturated rings. The zero-order chi connectivity index (χ0) is 17.3. The van der Waals surface area contributed by atoms with Gasteiger partial charge in [0.1, 0.15) is 0 Å². The maximum Gasteiger partial charge on any atom is 0.191 e. The quantitative estimate of drug-likeness (QED) is 0.373. The number of hydrogen-bond acceptors (Lipinski definition) is 3. The summed E-state index contributed by atoms with van der Waals surface area (Å²) in [6, 6.07) is 10.9. The molecule has 0 radical (unpaired) electrons. The Morgan fingerprint density at radius 2 is 1.96 bits per heavy atom. The summed E-state index contributed by atoms with van der Waals surface area (Å²) in [5.74, 6) is 0.851. The second-order valence-corrected chi connectivity index (χ2v) is 6.45. The zero-order valence-corrected chi connectivity index (χ0v) is 17.9. The van der Waals surface area contributed by atoms with Crippen LogP contribution in [0.4, 0.5) is 0 Å². The number of rotatable bonds is 7. The first-order chi connectivity index (χ1) is 11.7. The van der Waals surface area contributed by atoms with Crippen molar-refractivity contribution in [1.29, 1.82) is 0 Å². The highest BCUT2D eigenvalue weighted by Crippen LogP contribution is 2.35. The van der Waals surface area contributed by atoms with Gasteiger partial charge in [0.05, 0.1) is 13.2 Å². The summed E-state index contributed by atoms with van der Waals surface area (Å²) in [6.45, 7) is 8.03. The number of guanidine groups is 1. The molecule has 1 aliphatic rings. The van der Waals surface area contributed by atoms with Gasteiger partial charge in [-0.3, -0.25) is 4.99 Å². The van der Waals surface area contributed by atoms with Crippen LogP contribution in [0.1, 0.15) is 32.3 Å². The van der Waals surface area contributed by atoms with Crippen LogP contribution in [0.2, 0.25) is 0 Å². The van der Waals surface area contributed by atoms with E-state index in [1.807, 2.05) is 0 Å². The van der Waals surface area contributed by atoms with Crippen molar-refractivity contribution in [3.8, 4) is 0 Å². The Balaban J connectivity index is 0.00000312. The van der Waals surface area contributed by atoms with Gasteiger partial charge in [-0.05, 0) is 32.3 Å². The van der Waals surface area contributed by atoms with E-state index in [9.17, 15) is 0 Å². The molecular formula is C19H32IN3O2. The molecule has 0 aromatic heterocycles. The second-order valence-electron chi connectivity index (χ2n) is 6.45. The van der Waals surface area contributed by atoms with Gasteiger partial charge >= 0.3 is 0 Å². The standard InChI is InChI=1S/C19H31N3O2.HI/c1-4-20-18(22-16(2)14-23-3)21-15-19(10-12-24-13-11-19)17-8-6-5-7-9-17;/h5-9,16H,4,10-15H2,1-3H3,(H2,20,21,22);1H. The Morgan fingerprint density at radius 1 is 1.28 bits per heavy atom. The third-order valence-corrected chi connectivity index (χ3v) is 4.52. The normalized spacial score (nSPS) is 18.1. The Morgan fingerprint density at radius 3 is 2.56 bits per heavy atom. The molecule has 1 heterocycles. The van der Waals surface area contributed by atoms with Gasteiger partial charge in [-0.25, -0.2) is 0 Å². The SMILES string of the molecule is CCNC(=NCC1(c2ccccc2)CCOCC1)NC(C)COC.I. The minimum Gasteiger partial charge on any atom is -0.383 e. The van der Waals surface area contributed by atoms with Crippen molar-refractivity contribution in [2.75, 3.05) is 40.0 Å². The van der Waals surface area contributed by atoms with Crippen molar-refractivity contribution in [3.63, 3.8) is 0 Å². The largest absolute Gasteiger partial charge is 0.383 e. The van der Waals surface area contributed by atoms with E-state index in [4.69, 9.17) is 14.5 Å². The third-order valence-electron chi connectivity index (χ3n) is 4.52. The van der Waals surface area contributed by atoms with Crippen LogP contribution in [0.15, 0.2) is 35.3 Å². The number of benzene rings is 1. The average Bonchev–Trinajstić information content (AvgIpc) is 2.62. The lowest BCUT2D eigenvalue weighted by molar-refractivity contribution is 0.0531. The Bertz CT molecular complexity index is 505. The van der Waals surface area contributed by atoms with Crippen LogP contribution < -0.4 is 10.6 Å². The van der Waals surface area contributed by atoms with E-state index in [1.54, 1.807) is 7.11 Å². The fourth-order valence-electron chi connectivity index (χ4n) is 3.17. The van der Waals surface area contributed by atoms with E-state index in [2.05, 4.69) is 54.8 Å². The molecule has 0 spiro atoms. The van der Waals surface area contributed by atoms with E-state index in [0.717, 1.165) is 45.1 Å². The number of aliphatic imine (C=N–C) groups is 1. The summed E-state index contributed by atoms with van der Waals surface area (Å²) in [4.78, 5) is 4.89. The summed E-state index contributed by atoms with van der Waals surface area (Å²) in [5.41, 5.74) is 1.42. The summed E-state index contributed by atoms with van der Waals surface area (Å²) in [5, 5.41) is 6.74. The molecule has 5 nitrogen and oxygen atoms in total. The predicted octanol–water partition coefficient (Wildman–Crippen LogP) is 2.94. The Labute approximate surface area is 169 Å². The highest BCUT2D eigenvalue weighted by molar-refractivity contribution is 14.0. The molecular weight excluding hydrogens is 429 g/mol. The number of methoxy groups -OCH3 is 1. The van der Waals surface area contributed by atoms with E-state index < -0.39 is 0 Å². The van der Waals surface area contributed by atoms with Crippen molar-refractivity contribution in [2.45, 2.75) is 38.1 Å². The maximum atomic E-state index is 5.60. The fourth-order valence-corrected chi connectivity index (χ4v) is 3.17. The van der Waals surface area contributed by atoms with Crippen molar-refractivity contribution in [1.82, 2.24) is 10.6 Å². The molecule has 1 atom stereocenters. The molecule has 1 saturated heterocycles. The van der Waals surface area contributed by atoms with Gasteiger partial charge in [0, 0.05) is 38.3 Å². The minimum absolute atomic E-state index is 0. The molecule has 1 aromatic rings. The van der Waals surface area contributed by atoms with Gasteiger partial charge in [-0.15, -0.1) is 24.0 Å². The lowest BCUT2D eigenvalue weighted by atomic mass is 9.74. The van der Waals surface area contributed by atoms with Crippen molar-refractivity contribution in [3.05, 3.63) is 35.9 Å². The number of nitrogens with one attached hydrogen (secondary N) is 2. The first-order valence-electron chi connectivity index (χ1n) is 8.87. The first kappa shape index (κ1) is 22.2. The van der Waals surface area contributed by atoms with Crippen LogP contribution in [0, 0.1) is 0 Å². The average molecular weight is 461 g/mol. The van der Waals surface area contributed by atoms with Crippen LogP contribution in [-0.4, -0.2) is 52.0 Å². The molecule has 0 saturated carbocycles. The van der Waals surface area contributed by atoms with Crippen molar-refractivity contribution < 1.29 is 9.47 Å². The van der Waals surface area contributed by atoms with Crippen molar-refractivity contribution >= 4 is 29.9 Å². The Kier molecular flexibility index (Phi) is 10.4. The van der Waals surface area contributed by atoms with Gasteiger partial charge < -0.3 is 20.1 Å². The van der Waals surface area contributed by atoms with Gasteiger partial charge in [0.25, 0.3) is 0 Å². The molecule has 1 aromatic carbocycles. The van der Waals surface area contributed by atoms with Crippen LogP contribution in [0.25, 0.3) is 0 Å². The summed E-state index contributed by atoms with van der Waals surface area (Å²) in [7, 11) is 1.72. The predicted molar refractivity (Wildman–Crippen MR) is 114 cm³/mol. The van der Waals surface area contributed by atoms with Crippen LogP contribution in [0.3, 0.4) is 0 Å². The molecule has 0 bridgehead atoms. The highest BCUT2D eigenvalue weighted by Gasteiger charge is 2.34. The summed E-state index contributed by atoms with van der Waals surface area (Å²) >= 11 is 0. The number of ether oxygens (including phenoxy) is 2. The van der Waals surface area contributed by atoms with Gasteiger partial charge in [-0.2, -0.15) is 0 Å². The van der Waals surface area contributed by atoms with Gasteiger partial charge in [-0.1, -0.05) is 30.3 Å². The van der Waals surface area contributed by atoms with E-state index in [0.29, 0.717) is 6.61 Å². The monoisotopic (exact) mass is 461 g/mol.